The third-order valence-corrected chi connectivity index (χ3v) is 5.81. The third kappa shape index (κ3) is 3.71. The first-order chi connectivity index (χ1) is 16.5. The van der Waals surface area contributed by atoms with Gasteiger partial charge in [0.1, 0.15) is 11.5 Å². The summed E-state index contributed by atoms with van der Waals surface area (Å²) in [6.45, 7) is 0. The van der Waals surface area contributed by atoms with Crippen molar-refractivity contribution in [1.82, 2.24) is 4.98 Å². The molecule has 6 heteroatoms. The minimum absolute atomic E-state index is 0.00399. The zero-order valence-electron chi connectivity index (χ0n) is 18.0. The largest absolute Gasteiger partial charge is 0.508 e. The maximum Gasteiger partial charge on any atom is 0.300 e. The van der Waals surface area contributed by atoms with Crippen LogP contribution >= 0.6 is 0 Å². The maximum absolute atomic E-state index is 13.2. The van der Waals surface area contributed by atoms with Crippen LogP contribution in [0.5, 0.6) is 5.75 Å². The van der Waals surface area contributed by atoms with E-state index in [9.17, 15) is 19.8 Å². The van der Waals surface area contributed by atoms with Crippen molar-refractivity contribution in [3.8, 4) is 17.0 Å². The predicted molar refractivity (Wildman–Crippen MR) is 129 cm³/mol. The number of aromatic nitrogens is 1. The van der Waals surface area contributed by atoms with Crippen molar-refractivity contribution in [3.05, 3.63) is 120 Å². The second kappa shape index (κ2) is 8.67. The summed E-state index contributed by atoms with van der Waals surface area (Å²) in [4.78, 5) is 32.2. The average molecular weight is 448 g/mol. The molecular formula is C28H20N2O4. The fourth-order valence-electron chi connectivity index (χ4n) is 4.15. The number of aliphatic hydroxyl groups is 1. The van der Waals surface area contributed by atoms with Gasteiger partial charge in [0, 0.05) is 23.0 Å². The molecule has 0 radical (unpaired) electrons. The standard InChI is InChI=1S/C28H20N2O4/c31-22-15-11-20(12-16-22)26(32)24-25(19-6-2-1-3-7-19)30(28(34)27(24)33)21-13-9-18(10-14-21)23-8-4-5-17-29-23/h1-17,25,31-32H/b26-24-. The van der Waals surface area contributed by atoms with E-state index in [1.54, 1.807) is 18.3 Å². The van der Waals surface area contributed by atoms with Gasteiger partial charge in [-0.25, -0.2) is 0 Å². The molecule has 1 saturated heterocycles. The van der Waals surface area contributed by atoms with Gasteiger partial charge in [0.15, 0.2) is 0 Å². The van der Waals surface area contributed by atoms with E-state index in [0.29, 0.717) is 16.8 Å². The van der Waals surface area contributed by atoms with Gasteiger partial charge < -0.3 is 10.2 Å². The molecule has 1 aliphatic rings. The number of ketones is 1. The van der Waals surface area contributed by atoms with Gasteiger partial charge >= 0.3 is 0 Å². The fraction of sp³-hybridized carbons (Fsp3) is 0.0357. The Morgan fingerprint density at radius 1 is 0.794 bits per heavy atom. The molecule has 4 aromatic rings. The Hall–Kier alpha value is -4.71. The number of amides is 1. The second-order valence-corrected chi connectivity index (χ2v) is 7.89. The van der Waals surface area contributed by atoms with Crippen LogP contribution in [0.25, 0.3) is 17.0 Å². The summed E-state index contributed by atoms with van der Waals surface area (Å²) in [6, 6.07) is 27.0. The number of benzene rings is 3. The van der Waals surface area contributed by atoms with Gasteiger partial charge in [-0.15, -0.1) is 0 Å². The number of phenolic OH excluding ortho intramolecular Hbond substituents is 1. The molecule has 1 unspecified atom stereocenters. The summed E-state index contributed by atoms with van der Waals surface area (Å²) < 4.78 is 0. The number of rotatable bonds is 4. The summed E-state index contributed by atoms with van der Waals surface area (Å²) in [5.41, 5.74) is 3.22. The Kier molecular flexibility index (Phi) is 5.40. The quantitative estimate of drug-likeness (QED) is 0.258. The number of Topliss-reactive ketones (excluding diaryl/α,β-unsaturated/α-hetero) is 1. The van der Waals surface area contributed by atoms with Crippen LogP contribution < -0.4 is 4.90 Å². The molecule has 1 atom stereocenters. The Bertz CT molecular complexity index is 1380. The molecule has 0 saturated carbocycles. The summed E-state index contributed by atoms with van der Waals surface area (Å²) in [7, 11) is 0. The van der Waals surface area contributed by atoms with Crippen LogP contribution in [0.4, 0.5) is 5.69 Å². The van der Waals surface area contributed by atoms with Crippen LogP contribution in [0.1, 0.15) is 17.2 Å². The normalized spacial score (nSPS) is 17.2. The Balaban J connectivity index is 1.63. The van der Waals surface area contributed by atoms with Gasteiger partial charge in [-0.05, 0) is 54.1 Å². The molecule has 0 bridgehead atoms. The van der Waals surface area contributed by atoms with Crippen LogP contribution in [0.15, 0.2) is 109 Å². The number of hydrogen-bond acceptors (Lipinski definition) is 5. The summed E-state index contributed by atoms with van der Waals surface area (Å²) in [6.07, 6.45) is 1.71. The smallest absolute Gasteiger partial charge is 0.300 e. The van der Waals surface area contributed by atoms with Crippen LogP contribution in [0.2, 0.25) is 0 Å². The van der Waals surface area contributed by atoms with E-state index in [0.717, 1.165) is 11.3 Å². The summed E-state index contributed by atoms with van der Waals surface area (Å²) in [5, 5.41) is 20.7. The van der Waals surface area contributed by atoms with Gasteiger partial charge in [-0.1, -0.05) is 48.5 Å². The molecule has 0 spiro atoms. The van der Waals surface area contributed by atoms with Crippen molar-refractivity contribution in [3.63, 3.8) is 0 Å². The van der Waals surface area contributed by atoms with E-state index in [2.05, 4.69) is 4.98 Å². The van der Waals surface area contributed by atoms with Gasteiger partial charge in [-0.2, -0.15) is 0 Å². The molecule has 0 aliphatic carbocycles. The molecule has 1 amide bonds. The number of carbonyl (C=O) groups excluding carboxylic acids is 2. The zero-order chi connectivity index (χ0) is 23.7. The SMILES string of the molecule is O=C1C(=O)N(c2ccc(-c3ccccn3)cc2)C(c2ccccc2)/C1=C(/O)c1ccc(O)cc1. The fourth-order valence-corrected chi connectivity index (χ4v) is 4.15. The molecule has 2 heterocycles. The lowest BCUT2D eigenvalue weighted by Crippen LogP contribution is -2.29. The minimum Gasteiger partial charge on any atom is -0.508 e. The third-order valence-electron chi connectivity index (χ3n) is 5.81. The van der Waals surface area contributed by atoms with E-state index in [1.807, 2.05) is 60.7 Å². The number of nitrogens with zero attached hydrogens (tertiary/aromatic N) is 2. The molecule has 34 heavy (non-hydrogen) atoms. The summed E-state index contributed by atoms with van der Waals surface area (Å²) in [5.74, 6) is -1.75. The Labute approximate surface area is 196 Å². The first-order valence-electron chi connectivity index (χ1n) is 10.7. The lowest BCUT2D eigenvalue weighted by atomic mass is 9.95. The van der Waals surface area contributed by atoms with Gasteiger partial charge in [0.2, 0.25) is 0 Å². The van der Waals surface area contributed by atoms with Crippen molar-refractivity contribution >= 4 is 23.1 Å². The average Bonchev–Trinajstić information content (AvgIpc) is 3.15. The number of carbonyl (C=O) groups is 2. The van der Waals surface area contributed by atoms with E-state index >= 15 is 0 Å². The number of aliphatic hydroxyl groups excluding tert-OH is 1. The molecule has 6 nitrogen and oxygen atoms in total. The van der Waals surface area contributed by atoms with E-state index in [4.69, 9.17) is 0 Å². The van der Waals surface area contributed by atoms with Crippen molar-refractivity contribution in [2.24, 2.45) is 0 Å². The Morgan fingerprint density at radius 3 is 2.12 bits per heavy atom. The van der Waals surface area contributed by atoms with Crippen LogP contribution in [-0.4, -0.2) is 26.9 Å². The lowest BCUT2D eigenvalue weighted by Gasteiger charge is -2.25. The first-order valence-corrected chi connectivity index (χ1v) is 10.7. The van der Waals surface area contributed by atoms with Crippen molar-refractivity contribution in [2.45, 2.75) is 6.04 Å². The highest BCUT2D eigenvalue weighted by Crippen LogP contribution is 2.42. The molecule has 1 aromatic heterocycles. The minimum atomic E-state index is -0.810. The number of phenols is 1. The highest BCUT2D eigenvalue weighted by molar-refractivity contribution is 6.51. The molecule has 166 valence electrons. The number of pyridine rings is 1. The first kappa shape index (κ1) is 21.2. The highest BCUT2D eigenvalue weighted by atomic mass is 16.3. The van der Waals surface area contributed by atoms with E-state index in [1.165, 1.54) is 29.2 Å². The van der Waals surface area contributed by atoms with Crippen LogP contribution in [0, 0.1) is 0 Å². The molecule has 3 aromatic carbocycles. The second-order valence-electron chi connectivity index (χ2n) is 7.89. The van der Waals surface area contributed by atoms with Crippen molar-refractivity contribution in [1.29, 1.82) is 0 Å². The van der Waals surface area contributed by atoms with Gasteiger partial charge in [0.25, 0.3) is 11.7 Å². The van der Waals surface area contributed by atoms with Crippen LogP contribution in [-0.2, 0) is 9.59 Å². The number of aromatic hydroxyl groups is 1. The number of anilines is 1. The topological polar surface area (TPSA) is 90.7 Å². The molecule has 5 rings (SSSR count). The van der Waals surface area contributed by atoms with Gasteiger partial charge in [0.05, 0.1) is 17.3 Å². The highest BCUT2D eigenvalue weighted by Gasteiger charge is 2.46. The molecule has 2 N–H and O–H groups in total. The van der Waals surface area contributed by atoms with E-state index in [-0.39, 0.29) is 17.1 Å². The summed E-state index contributed by atoms with van der Waals surface area (Å²) >= 11 is 0. The molecule has 1 aliphatic heterocycles. The van der Waals surface area contributed by atoms with E-state index < -0.39 is 17.7 Å². The maximum atomic E-state index is 13.2. The predicted octanol–water partition coefficient (Wildman–Crippen LogP) is 5.08. The van der Waals surface area contributed by atoms with Gasteiger partial charge in [-0.3, -0.25) is 19.5 Å². The number of hydrogen-bond donors (Lipinski definition) is 2. The molecular weight excluding hydrogens is 428 g/mol. The Morgan fingerprint density at radius 2 is 1.47 bits per heavy atom. The zero-order valence-corrected chi connectivity index (χ0v) is 18.0. The monoisotopic (exact) mass is 448 g/mol. The van der Waals surface area contributed by atoms with Crippen molar-refractivity contribution in [2.75, 3.05) is 4.90 Å². The molecule has 1 fully saturated rings. The lowest BCUT2D eigenvalue weighted by molar-refractivity contribution is -0.132. The van der Waals surface area contributed by atoms with Crippen LogP contribution in [0.3, 0.4) is 0 Å². The van der Waals surface area contributed by atoms with Crippen molar-refractivity contribution < 1.29 is 19.8 Å².